The average molecular weight is 656 g/mol. The lowest BCUT2D eigenvalue weighted by Gasteiger charge is -2.34. The SMILES string of the molecule is CCCCNC(=O)[C@H](Cc1ccccc1)N(Cc1ccccc1C)C(=O)CN(c1ccccc1OCC)S(=O)(=O)c1ccc(C)cc1. The molecule has 4 aromatic rings. The number of carbonyl (C=O) groups excluding carboxylic acids is 2. The van der Waals surface area contributed by atoms with Gasteiger partial charge in [-0.25, -0.2) is 8.42 Å². The average Bonchev–Trinajstić information content (AvgIpc) is 3.07. The van der Waals surface area contributed by atoms with Crippen LogP contribution in [0.3, 0.4) is 0 Å². The van der Waals surface area contributed by atoms with Crippen molar-refractivity contribution in [3.05, 3.63) is 125 Å². The van der Waals surface area contributed by atoms with Gasteiger partial charge in [-0.1, -0.05) is 97.8 Å². The van der Waals surface area contributed by atoms with Crippen LogP contribution in [0.15, 0.2) is 108 Å². The number of carbonyl (C=O) groups is 2. The van der Waals surface area contributed by atoms with Crippen molar-refractivity contribution in [3.63, 3.8) is 0 Å². The molecule has 2 amide bonds. The number of hydrogen-bond donors (Lipinski definition) is 1. The maximum atomic E-state index is 14.7. The lowest BCUT2D eigenvalue weighted by atomic mass is 10.0. The van der Waals surface area contributed by atoms with Gasteiger partial charge in [0.1, 0.15) is 18.3 Å². The molecule has 8 nitrogen and oxygen atoms in total. The molecule has 4 rings (SSSR count). The number of amides is 2. The molecule has 0 heterocycles. The van der Waals surface area contributed by atoms with Crippen LogP contribution in [0.1, 0.15) is 48.9 Å². The number of aryl methyl sites for hydroxylation is 2. The van der Waals surface area contributed by atoms with Gasteiger partial charge in [-0.15, -0.1) is 0 Å². The van der Waals surface area contributed by atoms with E-state index in [0.29, 0.717) is 18.9 Å². The predicted molar refractivity (Wildman–Crippen MR) is 187 cm³/mol. The third-order valence-corrected chi connectivity index (χ3v) is 9.80. The summed E-state index contributed by atoms with van der Waals surface area (Å²) in [7, 11) is -4.24. The number of hydrogen-bond acceptors (Lipinski definition) is 5. The third kappa shape index (κ3) is 9.23. The van der Waals surface area contributed by atoms with Gasteiger partial charge in [-0.2, -0.15) is 0 Å². The Balaban J connectivity index is 1.83. The van der Waals surface area contributed by atoms with Crippen molar-refractivity contribution in [2.24, 2.45) is 0 Å². The maximum Gasteiger partial charge on any atom is 0.264 e. The number of ether oxygens (including phenoxy) is 1. The first-order chi connectivity index (χ1) is 22.6. The third-order valence-electron chi connectivity index (χ3n) is 8.02. The zero-order valence-electron chi connectivity index (χ0n) is 27.7. The van der Waals surface area contributed by atoms with Crippen LogP contribution >= 0.6 is 0 Å². The van der Waals surface area contributed by atoms with Gasteiger partial charge in [-0.3, -0.25) is 13.9 Å². The highest BCUT2D eigenvalue weighted by atomic mass is 32.2. The minimum Gasteiger partial charge on any atom is -0.492 e. The van der Waals surface area contributed by atoms with E-state index in [0.717, 1.165) is 39.4 Å². The topological polar surface area (TPSA) is 96.0 Å². The van der Waals surface area contributed by atoms with Crippen LogP contribution in [-0.4, -0.2) is 50.9 Å². The molecule has 0 spiro atoms. The molecule has 1 N–H and O–H groups in total. The predicted octanol–water partition coefficient (Wildman–Crippen LogP) is 6.45. The number of benzene rings is 4. The van der Waals surface area contributed by atoms with E-state index in [4.69, 9.17) is 4.74 Å². The number of anilines is 1. The van der Waals surface area contributed by atoms with Crippen molar-refractivity contribution in [1.82, 2.24) is 10.2 Å². The van der Waals surface area contributed by atoms with Gasteiger partial charge >= 0.3 is 0 Å². The van der Waals surface area contributed by atoms with Crippen molar-refractivity contribution in [2.75, 3.05) is 24.0 Å². The normalized spacial score (nSPS) is 11.8. The molecular formula is C38H45N3O5S. The Morgan fingerprint density at radius 2 is 1.49 bits per heavy atom. The van der Waals surface area contributed by atoms with Gasteiger partial charge in [0.2, 0.25) is 11.8 Å². The van der Waals surface area contributed by atoms with Gasteiger partial charge < -0.3 is 15.0 Å². The molecule has 0 saturated heterocycles. The Hall–Kier alpha value is -4.63. The van der Waals surface area contributed by atoms with Crippen LogP contribution < -0.4 is 14.4 Å². The summed E-state index contributed by atoms with van der Waals surface area (Å²) in [4.78, 5) is 30.2. The van der Waals surface area contributed by atoms with E-state index in [1.54, 1.807) is 36.4 Å². The van der Waals surface area contributed by atoms with E-state index in [2.05, 4.69) is 5.32 Å². The van der Waals surface area contributed by atoms with E-state index in [9.17, 15) is 18.0 Å². The van der Waals surface area contributed by atoms with Gasteiger partial charge in [0.05, 0.1) is 17.2 Å². The fraction of sp³-hybridized carbons (Fsp3) is 0.316. The van der Waals surface area contributed by atoms with Crippen molar-refractivity contribution in [1.29, 1.82) is 0 Å². The molecule has 0 aliphatic carbocycles. The van der Waals surface area contributed by atoms with Crippen LogP contribution in [0.5, 0.6) is 5.75 Å². The van der Waals surface area contributed by atoms with Crippen LogP contribution in [-0.2, 0) is 32.6 Å². The minimum atomic E-state index is -4.24. The highest BCUT2D eigenvalue weighted by molar-refractivity contribution is 7.92. The summed E-state index contributed by atoms with van der Waals surface area (Å²) in [6.07, 6.45) is 1.96. The second-order valence-electron chi connectivity index (χ2n) is 11.5. The number of nitrogens with zero attached hydrogens (tertiary/aromatic N) is 2. The van der Waals surface area contributed by atoms with E-state index >= 15 is 0 Å². The summed E-state index contributed by atoms with van der Waals surface area (Å²) < 4.78 is 35.7. The van der Waals surface area contributed by atoms with Crippen LogP contribution in [0, 0.1) is 13.8 Å². The summed E-state index contributed by atoms with van der Waals surface area (Å²) in [5.41, 5.74) is 3.86. The van der Waals surface area contributed by atoms with Gasteiger partial charge in [0.15, 0.2) is 0 Å². The zero-order valence-corrected chi connectivity index (χ0v) is 28.5. The first-order valence-electron chi connectivity index (χ1n) is 16.1. The van der Waals surface area contributed by atoms with Gasteiger partial charge in [-0.05, 0) is 68.1 Å². The molecule has 248 valence electrons. The highest BCUT2D eigenvalue weighted by Crippen LogP contribution is 2.33. The fourth-order valence-electron chi connectivity index (χ4n) is 5.32. The Morgan fingerprint density at radius 3 is 2.17 bits per heavy atom. The van der Waals surface area contributed by atoms with Gasteiger partial charge in [0, 0.05) is 19.5 Å². The van der Waals surface area contributed by atoms with E-state index < -0.39 is 28.5 Å². The Kier molecular flexibility index (Phi) is 12.6. The molecule has 0 fully saturated rings. The van der Waals surface area contributed by atoms with Crippen molar-refractivity contribution in [3.8, 4) is 5.75 Å². The Labute approximate surface area is 279 Å². The highest BCUT2D eigenvalue weighted by Gasteiger charge is 2.35. The molecule has 0 saturated carbocycles. The quantitative estimate of drug-likeness (QED) is 0.140. The first-order valence-corrected chi connectivity index (χ1v) is 17.6. The lowest BCUT2D eigenvalue weighted by Crippen LogP contribution is -2.53. The number of unbranched alkanes of at least 4 members (excludes halogenated alkanes) is 1. The van der Waals surface area contributed by atoms with Crippen LogP contribution in [0.2, 0.25) is 0 Å². The number of rotatable bonds is 16. The maximum absolute atomic E-state index is 14.7. The largest absolute Gasteiger partial charge is 0.492 e. The Bertz CT molecular complexity index is 1730. The summed E-state index contributed by atoms with van der Waals surface area (Å²) in [6.45, 7) is 8.06. The van der Waals surface area contributed by atoms with E-state index in [1.165, 1.54) is 17.0 Å². The first kappa shape index (κ1) is 35.2. The minimum absolute atomic E-state index is 0.0470. The van der Waals surface area contributed by atoms with Crippen LogP contribution in [0.25, 0.3) is 0 Å². The van der Waals surface area contributed by atoms with E-state index in [1.807, 2.05) is 82.3 Å². The van der Waals surface area contributed by atoms with Gasteiger partial charge in [0.25, 0.3) is 10.0 Å². The molecule has 47 heavy (non-hydrogen) atoms. The second kappa shape index (κ2) is 16.8. The molecule has 0 aliphatic rings. The molecule has 0 aliphatic heterocycles. The zero-order chi connectivity index (χ0) is 33.8. The number of para-hydroxylation sites is 2. The number of nitrogens with one attached hydrogen (secondary N) is 1. The molecule has 1 atom stereocenters. The van der Waals surface area contributed by atoms with Crippen LogP contribution in [0.4, 0.5) is 5.69 Å². The fourth-order valence-corrected chi connectivity index (χ4v) is 6.75. The summed E-state index contributed by atoms with van der Waals surface area (Å²) in [6, 6.07) is 29.7. The summed E-state index contributed by atoms with van der Waals surface area (Å²) in [5.74, 6) is -0.462. The second-order valence-corrected chi connectivity index (χ2v) is 13.4. The smallest absolute Gasteiger partial charge is 0.264 e. The monoisotopic (exact) mass is 655 g/mol. The van der Waals surface area contributed by atoms with Crippen molar-refractivity contribution >= 4 is 27.5 Å². The molecule has 0 radical (unpaired) electrons. The molecule has 9 heteroatoms. The molecule has 0 unspecified atom stereocenters. The van der Waals surface area contributed by atoms with E-state index in [-0.39, 0.29) is 29.5 Å². The van der Waals surface area contributed by atoms with Crippen molar-refractivity contribution < 1.29 is 22.7 Å². The number of sulfonamides is 1. The molecular weight excluding hydrogens is 611 g/mol. The molecule has 4 aromatic carbocycles. The molecule has 0 aromatic heterocycles. The van der Waals surface area contributed by atoms with Crippen molar-refractivity contribution in [2.45, 2.75) is 64.4 Å². The summed E-state index contributed by atoms with van der Waals surface area (Å²) in [5, 5.41) is 3.03. The Morgan fingerprint density at radius 1 is 0.830 bits per heavy atom. The molecule has 0 bridgehead atoms. The lowest BCUT2D eigenvalue weighted by molar-refractivity contribution is -0.140. The standard InChI is InChI=1S/C38H45N3O5S/c1-5-7-25-39-38(43)35(26-31-16-9-8-10-17-31)40(27-32-18-12-11-15-30(32)4)37(42)28-41(34-19-13-14-20-36(34)46-6-2)47(44,45)33-23-21-29(3)22-24-33/h8-24,35H,5-7,25-28H2,1-4H3,(H,39,43)/t35-/m0/s1. The summed E-state index contributed by atoms with van der Waals surface area (Å²) >= 11 is 0.